The number of urea groups is 1. The molecule has 2 aliphatic rings. The molecule has 2 rings (SSSR count). The summed E-state index contributed by atoms with van der Waals surface area (Å²) in [5.74, 6) is 2.04. The van der Waals surface area contributed by atoms with Crippen LogP contribution in [-0.4, -0.2) is 34.9 Å². The molecule has 2 heterocycles. The maximum atomic E-state index is 11.7. The van der Waals surface area contributed by atoms with E-state index in [0.29, 0.717) is 29.0 Å². The summed E-state index contributed by atoms with van der Waals surface area (Å²) in [6.07, 6.45) is 5.66. The zero-order valence-corrected chi connectivity index (χ0v) is 13.3. The Balaban J connectivity index is 1.57. The van der Waals surface area contributed by atoms with Crippen molar-refractivity contribution in [2.75, 3.05) is 5.75 Å². The quantitative estimate of drug-likeness (QED) is 0.535. The predicted molar refractivity (Wildman–Crippen MR) is 83.0 cm³/mol. The third-order valence-corrected chi connectivity index (χ3v) is 5.64. The van der Waals surface area contributed by atoms with Crippen LogP contribution in [0.1, 0.15) is 52.4 Å². The van der Waals surface area contributed by atoms with Gasteiger partial charge in [-0.05, 0) is 25.2 Å². The fraction of sp³-hybridized carbons (Fsp3) is 0.867. The molecule has 20 heavy (non-hydrogen) atoms. The number of hydrogen-bond donors (Lipinski definition) is 2. The topological polar surface area (TPSA) is 58.2 Å². The van der Waals surface area contributed by atoms with Crippen LogP contribution in [0.4, 0.5) is 4.79 Å². The molecule has 0 aromatic rings. The summed E-state index contributed by atoms with van der Waals surface area (Å²) in [5, 5.41) is 6.49. The Morgan fingerprint density at radius 2 is 2.10 bits per heavy atom. The smallest absolute Gasteiger partial charge is 0.315 e. The average Bonchev–Trinajstić information content (AvgIpc) is 2.92. The number of ketones is 1. The third-order valence-electron chi connectivity index (χ3n) is 4.13. The van der Waals surface area contributed by atoms with Crippen LogP contribution in [0.2, 0.25) is 0 Å². The van der Waals surface area contributed by atoms with E-state index < -0.39 is 0 Å². The monoisotopic (exact) mass is 298 g/mol. The number of thioether (sulfide) groups is 1. The van der Waals surface area contributed by atoms with Crippen LogP contribution >= 0.6 is 11.8 Å². The van der Waals surface area contributed by atoms with E-state index in [9.17, 15) is 9.59 Å². The fourth-order valence-corrected chi connectivity index (χ4v) is 4.43. The lowest BCUT2D eigenvalue weighted by Gasteiger charge is -2.16. The Kier molecular flexibility index (Phi) is 5.75. The van der Waals surface area contributed by atoms with Crippen LogP contribution in [-0.2, 0) is 4.79 Å². The minimum Gasteiger partial charge on any atom is -0.332 e. The van der Waals surface area contributed by atoms with Crippen LogP contribution in [0.5, 0.6) is 0 Å². The van der Waals surface area contributed by atoms with E-state index in [0.717, 1.165) is 44.3 Å². The van der Waals surface area contributed by atoms with Crippen molar-refractivity contribution >= 4 is 23.6 Å². The van der Waals surface area contributed by atoms with Crippen molar-refractivity contribution in [1.82, 2.24) is 10.6 Å². The minimum atomic E-state index is -0.0193. The number of amides is 2. The highest BCUT2D eigenvalue weighted by atomic mass is 32.2. The maximum absolute atomic E-state index is 11.7. The highest BCUT2D eigenvalue weighted by Crippen LogP contribution is 2.33. The Morgan fingerprint density at radius 1 is 1.30 bits per heavy atom. The summed E-state index contributed by atoms with van der Waals surface area (Å²) in [6.45, 7) is 4.32. The van der Waals surface area contributed by atoms with Crippen molar-refractivity contribution in [3.63, 3.8) is 0 Å². The molecule has 2 saturated heterocycles. The van der Waals surface area contributed by atoms with E-state index >= 15 is 0 Å². The van der Waals surface area contributed by atoms with Gasteiger partial charge in [-0.2, -0.15) is 11.8 Å². The van der Waals surface area contributed by atoms with Gasteiger partial charge >= 0.3 is 6.03 Å². The van der Waals surface area contributed by atoms with Gasteiger partial charge < -0.3 is 10.6 Å². The van der Waals surface area contributed by atoms with E-state index in [1.807, 2.05) is 11.8 Å². The zero-order valence-electron chi connectivity index (χ0n) is 12.5. The molecule has 0 aromatic carbocycles. The van der Waals surface area contributed by atoms with Crippen LogP contribution in [0, 0.1) is 5.92 Å². The lowest BCUT2D eigenvalue weighted by atomic mass is 10.00. The average molecular weight is 298 g/mol. The number of fused-ring (bicyclic) bond motifs is 1. The van der Waals surface area contributed by atoms with E-state index in [1.165, 1.54) is 0 Å². The van der Waals surface area contributed by atoms with Crippen molar-refractivity contribution in [3.05, 3.63) is 0 Å². The first kappa shape index (κ1) is 15.7. The molecular weight excluding hydrogens is 272 g/mol. The molecule has 2 N–H and O–H groups in total. The van der Waals surface area contributed by atoms with Gasteiger partial charge in [0.15, 0.2) is 0 Å². The van der Waals surface area contributed by atoms with E-state index in [4.69, 9.17) is 0 Å². The van der Waals surface area contributed by atoms with Gasteiger partial charge in [0.2, 0.25) is 0 Å². The van der Waals surface area contributed by atoms with E-state index in [2.05, 4.69) is 24.5 Å². The molecule has 0 spiro atoms. The number of unbranched alkanes of at least 4 members (excludes halogenated alkanes) is 1. The molecule has 114 valence electrons. The number of Topliss-reactive ketones (excluding diaryl/α,β-unsaturated/α-hetero) is 1. The fourth-order valence-electron chi connectivity index (χ4n) is 2.89. The molecule has 5 heteroatoms. The summed E-state index contributed by atoms with van der Waals surface area (Å²) >= 11 is 1.95. The summed E-state index contributed by atoms with van der Waals surface area (Å²) in [6, 6.07) is 0.587. The second-order valence-electron chi connectivity index (χ2n) is 6.34. The largest absolute Gasteiger partial charge is 0.332 e. The maximum Gasteiger partial charge on any atom is 0.315 e. The van der Waals surface area contributed by atoms with Crippen molar-refractivity contribution in [3.8, 4) is 0 Å². The molecule has 4 nitrogen and oxygen atoms in total. The number of hydrogen-bond acceptors (Lipinski definition) is 3. The summed E-state index contributed by atoms with van der Waals surface area (Å²) < 4.78 is 0. The van der Waals surface area contributed by atoms with Gasteiger partial charge in [-0.3, -0.25) is 4.79 Å². The van der Waals surface area contributed by atoms with Gasteiger partial charge in [-0.25, -0.2) is 4.79 Å². The van der Waals surface area contributed by atoms with Gasteiger partial charge in [0.25, 0.3) is 0 Å². The molecule has 0 unspecified atom stereocenters. The SMILES string of the molecule is CC(C)CCC(=O)CCCC[C@@H]1SC[C@@H]2NC(=O)N[C@@H]21. The standard InChI is InChI=1S/C15H26N2O2S/c1-10(2)7-8-11(18)5-3-4-6-13-14-12(9-20-13)16-15(19)17-14/h10,12-14H,3-9H2,1-2H3,(H2,16,17,19)/t12-,13-,14-/m0/s1. The molecule has 3 atom stereocenters. The van der Waals surface area contributed by atoms with Gasteiger partial charge in [0.05, 0.1) is 12.1 Å². The number of rotatable bonds is 8. The van der Waals surface area contributed by atoms with Gasteiger partial charge in [0, 0.05) is 23.8 Å². The van der Waals surface area contributed by atoms with Gasteiger partial charge in [-0.15, -0.1) is 0 Å². The molecule has 0 radical (unpaired) electrons. The zero-order chi connectivity index (χ0) is 14.5. The van der Waals surface area contributed by atoms with Crippen LogP contribution in [0.25, 0.3) is 0 Å². The van der Waals surface area contributed by atoms with Gasteiger partial charge in [0.1, 0.15) is 5.78 Å². The molecule has 0 aromatic heterocycles. The van der Waals surface area contributed by atoms with Crippen molar-refractivity contribution in [1.29, 1.82) is 0 Å². The first-order chi connectivity index (χ1) is 9.56. The number of carbonyl (C=O) groups is 2. The Bertz CT molecular complexity index is 360. The Labute approximate surface area is 125 Å². The normalized spacial score (nSPS) is 28.4. The second-order valence-corrected chi connectivity index (χ2v) is 7.61. The number of carbonyl (C=O) groups excluding carboxylic acids is 2. The molecule has 2 aliphatic heterocycles. The Hall–Kier alpha value is -0.710. The van der Waals surface area contributed by atoms with Crippen LogP contribution in [0.15, 0.2) is 0 Å². The van der Waals surface area contributed by atoms with E-state index in [-0.39, 0.29) is 6.03 Å². The molecule has 0 saturated carbocycles. The first-order valence-electron chi connectivity index (χ1n) is 7.76. The van der Waals surface area contributed by atoms with Crippen LogP contribution in [0.3, 0.4) is 0 Å². The lowest BCUT2D eigenvalue weighted by Crippen LogP contribution is -2.36. The predicted octanol–water partition coefficient (Wildman–Crippen LogP) is 2.72. The lowest BCUT2D eigenvalue weighted by molar-refractivity contribution is -0.119. The van der Waals surface area contributed by atoms with Crippen molar-refractivity contribution < 1.29 is 9.59 Å². The molecular formula is C15H26N2O2S. The van der Waals surface area contributed by atoms with Crippen molar-refractivity contribution in [2.45, 2.75) is 69.7 Å². The van der Waals surface area contributed by atoms with Crippen molar-refractivity contribution in [2.24, 2.45) is 5.92 Å². The second kappa shape index (κ2) is 7.34. The van der Waals surface area contributed by atoms with E-state index in [1.54, 1.807) is 0 Å². The highest BCUT2D eigenvalue weighted by molar-refractivity contribution is 8.00. The summed E-state index contributed by atoms with van der Waals surface area (Å²) in [7, 11) is 0. The van der Waals surface area contributed by atoms with Gasteiger partial charge in [-0.1, -0.05) is 20.3 Å². The highest BCUT2D eigenvalue weighted by Gasteiger charge is 2.42. The Morgan fingerprint density at radius 3 is 2.85 bits per heavy atom. The molecule has 0 bridgehead atoms. The summed E-state index contributed by atoms with van der Waals surface area (Å²) in [5.41, 5.74) is 0. The molecule has 2 fully saturated rings. The third kappa shape index (κ3) is 4.40. The molecule has 0 aliphatic carbocycles. The first-order valence-corrected chi connectivity index (χ1v) is 8.81. The van der Waals surface area contributed by atoms with Crippen LogP contribution < -0.4 is 10.6 Å². The molecule has 2 amide bonds. The summed E-state index contributed by atoms with van der Waals surface area (Å²) in [4.78, 5) is 23.0. The number of nitrogens with one attached hydrogen (secondary N) is 2. The minimum absolute atomic E-state index is 0.0193.